The predicted molar refractivity (Wildman–Crippen MR) is 129 cm³/mol. The van der Waals surface area contributed by atoms with Crippen LogP contribution < -0.4 is 9.80 Å². The molecule has 2 spiro atoms. The first-order valence-corrected chi connectivity index (χ1v) is 11.7. The number of rotatable bonds is 5. The zero-order chi connectivity index (χ0) is 21.5. The fourth-order valence-electron chi connectivity index (χ4n) is 5.44. The Morgan fingerprint density at radius 3 is 2.61 bits per heavy atom. The molecule has 5 rings (SSSR count). The first-order valence-electron chi connectivity index (χ1n) is 11.3. The number of fused-ring (bicyclic) bond motifs is 3. The van der Waals surface area contributed by atoms with Gasteiger partial charge in [-0.3, -0.25) is 9.48 Å². The zero-order valence-corrected chi connectivity index (χ0v) is 19.3. The Bertz CT molecular complexity index is 993. The lowest BCUT2D eigenvalue weighted by Gasteiger charge is -2.48. The van der Waals surface area contributed by atoms with Gasteiger partial charge in [0.05, 0.1) is 19.8 Å². The second-order valence-corrected chi connectivity index (χ2v) is 9.78. The van der Waals surface area contributed by atoms with Crippen molar-refractivity contribution >= 4 is 28.8 Å². The molecule has 2 fully saturated rings. The van der Waals surface area contributed by atoms with Crippen molar-refractivity contribution in [2.75, 3.05) is 52.3 Å². The maximum Gasteiger partial charge on any atom is 0.167 e. The molecule has 0 aliphatic carbocycles. The van der Waals surface area contributed by atoms with Gasteiger partial charge in [0.15, 0.2) is 17.1 Å². The molecule has 3 aliphatic heterocycles. The number of ether oxygens (including phenoxy) is 1. The van der Waals surface area contributed by atoms with E-state index >= 15 is 0 Å². The molecule has 0 atom stereocenters. The van der Waals surface area contributed by atoms with Gasteiger partial charge < -0.3 is 15.0 Å². The Balaban J connectivity index is 1.57. The maximum atomic E-state index is 6.22. The number of anilines is 1. The molecule has 3 aliphatic rings. The third kappa shape index (κ3) is 3.68. The number of para-hydroxylation sites is 1. The molecule has 1 N–H and O–H groups in total. The van der Waals surface area contributed by atoms with E-state index in [0.717, 1.165) is 59.9 Å². The van der Waals surface area contributed by atoms with Crippen LogP contribution in [0.1, 0.15) is 24.0 Å². The van der Waals surface area contributed by atoms with Crippen molar-refractivity contribution < 1.29 is 4.74 Å². The Hall–Kier alpha value is -1.92. The molecule has 164 valence electrons. The lowest BCUT2D eigenvalue weighted by atomic mass is 9.82. The Kier molecular flexibility index (Phi) is 5.55. The SMILES string of the molecule is CN(C)CCc1cccc2c1NC(=NCc1cccc(Cl)c1)C1(CCOCC1)[N+]21CC1. The van der Waals surface area contributed by atoms with Crippen LogP contribution in [0, 0.1) is 0 Å². The largest absolute Gasteiger partial charge is 0.381 e. The van der Waals surface area contributed by atoms with Crippen LogP contribution in [0.15, 0.2) is 47.5 Å². The van der Waals surface area contributed by atoms with Gasteiger partial charge in [0.25, 0.3) is 0 Å². The molecule has 0 radical (unpaired) electrons. The summed E-state index contributed by atoms with van der Waals surface area (Å²) in [5.74, 6) is 1.14. The molecular formula is C25H32ClN4O+. The summed E-state index contributed by atoms with van der Waals surface area (Å²) >= 11 is 6.22. The molecule has 6 heteroatoms. The molecule has 2 aromatic carbocycles. The molecule has 31 heavy (non-hydrogen) atoms. The molecule has 5 nitrogen and oxygen atoms in total. The van der Waals surface area contributed by atoms with E-state index in [0.29, 0.717) is 6.54 Å². The van der Waals surface area contributed by atoms with E-state index in [1.807, 2.05) is 18.2 Å². The van der Waals surface area contributed by atoms with Crippen LogP contribution in [0.4, 0.5) is 11.4 Å². The summed E-state index contributed by atoms with van der Waals surface area (Å²) in [5.41, 5.74) is 5.24. The summed E-state index contributed by atoms with van der Waals surface area (Å²) in [6, 6.07) is 14.9. The summed E-state index contributed by atoms with van der Waals surface area (Å²) < 4.78 is 6.84. The van der Waals surface area contributed by atoms with E-state index in [4.69, 9.17) is 21.3 Å². The van der Waals surface area contributed by atoms with Crippen LogP contribution in [0.25, 0.3) is 0 Å². The highest BCUT2D eigenvalue weighted by atomic mass is 35.5. The summed E-state index contributed by atoms with van der Waals surface area (Å²) in [4.78, 5) is 7.46. The monoisotopic (exact) mass is 439 g/mol. The Labute approximate surface area is 190 Å². The van der Waals surface area contributed by atoms with Crippen molar-refractivity contribution in [1.29, 1.82) is 0 Å². The third-order valence-corrected chi connectivity index (χ3v) is 7.46. The molecule has 3 heterocycles. The number of aliphatic imine (C=N–C) groups is 1. The normalized spacial score (nSPS) is 22.0. The van der Waals surface area contributed by atoms with Gasteiger partial charge in [-0.2, -0.15) is 0 Å². The lowest BCUT2D eigenvalue weighted by molar-refractivity contribution is 0.0431. The minimum atomic E-state index is -0.00992. The van der Waals surface area contributed by atoms with Crippen LogP contribution >= 0.6 is 11.6 Å². The number of hydrogen-bond acceptors (Lipinski definition) is 3. The highest BCUT2D eigenvalue weighted by molar-refractivity contribution is 6.30. The lowest BCUT2D eigenvalue weighted by Crippen LogP contribution is -2.65. The van der Waals surface area contributed by atoms with Crippen LogP contribution in [-0.2, 0) is 17.7 Å². The van der Waals surface area contributed by atoms with Crippen molar-refractivity contribution in [1.82, 2.24) is 9.38 Å². The number of nitrogens with one attached hydrogen (secondary N) is 1. The minimum absolute atomic E-state index is 0.00992. The van der Waals surface area contributed by atoms with Gasteiger partial charge in [0.1, 0.15) is 18.8 Å². The maximum absolute atomic E-state index is 6.22. The molecule has 0 saturated carbocycles. The quantitative estimate of drug-likeness (QED) is 0.556. The van der Waals surface area contributed by atoms with Gasteiger partial charge in [-0.05, 0) is 43.8 Å². The molecule has 0 amide bonds. The van der Waals surface area contributed by atoms with E-state index in [1.165, 1.54) is 30.0 Å². The molecule has 2 aromatic rings. The van der Waals surface area contributed by atoms with Gasteiger partial charge >= 0.3 is 0 Å². The van der Waals surface area contributed by atoms with Gasteiger partial charge in [0.2, 0.25) is 0 Å². The van der Waals surface area contributed by atoms with Gasteiger partial charge in [-0.25, -0.2) is 0 Å². The number of quaternary nitrogens is 1. The number of halogens is 1. The van der Waals surface area contributed by atoms with Crippen molar-refractivity contribution in [2.24, 2.45) is 4.99 Å². The first-order chi connectivity index (χ1) is 15.0. The Morgan fingerprint density at radius 1 is 1.13 bits per heavy atom. The van der Waals surface area contributed by atoms with Gasteiger partial charge in [0, 0.05) is 30.5 Å². The highest BCUT2D eigenvalue weighted by Crippen LogP contribution is 2.54. The van der Waals surface area contributed by atoms with Crippen LogP contribution in [0.2, 0.25) is 5.02 Å². The second kappa shape index (κ2) is 8.21. The fourth-order valence-corrected chi connectivity index (χ4v) is 5.66. The summed E-state index contributed by atoms with van der Waals surface area (Å²) in [6.45, 7) is 5.64. The summed E-state index contributed by atoms with van der Waals surface area (Å²) in [5, 5.41) is 4.62. The fraction of sp³-hybridized carbons (Fsp3) is 0.480. The van der Waals surface area contributed by atoms with Crippen molar-refractivity contribution in [3.8, 4) is 0 Å². The Morgan fingerprint density at radius 2 is 1.90 bits per heavy atom. The van der Waals surface area contributed by atoms with Crippen molar-refractivity contribution in [3.63, 3.8) is 0 Å². The number of amidine groups is 1. The highest BCUT2D eigenvalue weighted by Gasteiger charge is 2.67. The first kappa shape index (κ1) is 21.0. The van der Waals surface area contributed by atoms with Crippen LogP contribution in [0.3, 0.4) is 0 Å². The van der Waals surface area contributed by atoms with E-state index < -0.39 is 0 Å². The molecular weight excluding hydrogens is 408 g/mol. The average molecular weight is 440 g/mol. The topological polar surface area (TPSA) is 36.9 Å². The van der Waals surface area contributed by atoms with Crippen molar-refractivity contribution in [3.05, 3.63) is 58.6 Å². The molecule has 0 bridgehead atoms. The number of benzene rings is 2. The minimum Gasteiger partial charge on any atom is -0.381 e. The molecule has 0 unspecified atom stereocenters. The summed E-state index contributed by atoms with van der Waals surface area (Å²) in [7, 11) is 4.27. The zero-order valence-electron chi connectivity index (χ0n) is 18.5. The van der Waals surface area contributed by atoms with E-state index in [1.54, 1.807) is 0 Å². The standard InChI is InChI=1S/C25H32ClN4O/c1-29(2)12-9-20-6-4-8-22-23(20)28-24(27-18-19-5-3-7-21(26)17-19)25(30(22)13-14-30)10-15-31-16-11-25/h3-8,17H,9-16,18H2,1-2H3,(H,27,28)/q+1. The van der Waals surface area contributed by atoms with E-state index in [9.17, 15) is 0 Å². The van der Waals surface area contributed by atoms with E-state index in [-0.39, 0.29) is 5.54 Å². The number of hydrogen-bond donors (Lipinski definition) is 1. The number of likely N-dealkylation sites (N-methyl/N-ethyl adjacent to an activating group) is 1. The van der Waals surface area contributed by atoms with Crippen molar-refractivity contribution in [2.45, 2.75) is 31.3 Å². The van der Waals surface area contributed by atoms with E-state index in [2.05, 4.69) is 48.6 Å². The van der Waals surface area contributed by atoms with Crippen LogP contribution in [-0.4, -0.2) is 63.2 Å². The predicted octanol–water partition coefficient (Wildman–Crippen LogP) is 4.34. The van der Waals surface area contributed by atoms with Gasteiger partial charge in [-0.1, -0.05) is 35.9 Å². The average Bonchev–Trinajstić information content (AvgIpc) is 3.57. The molecule has 0 aromatic heterocycles. The smallest absolute Gasteiger partial charge is 0.167 e. The summed E-state index contributed by atoms with van der Waals surface area (Å²) in [6.07, 6.45) is 3.05. The number of nitrogens with zero attached hydrogens (tertiary/aromatic N) is 3. The van der Waals surface area contributed by atoms with Gasteiger partial charge in [-0.15, -0.1) is 0 Å². The van der Waals surface area contributed by atoms with Crippen LogP contribution in [0.5, 0.6) is 0 Å². The third-order valence-electron chi connectivity index (χ3n) is 7.22. The second-order valence-electron chi connectivity index (χ2n) is 9.34. The molecule has 2 saturated heterocycles.